The minimum absolute atomic E-state index is 0.0239. The predicted molar refractivity (Wildman–Crippen MR) is 91.1 cm³/mol. The number of nitrogens with one attached hydrogen (secondary N) is 1. The Hall–Kier alpha value is -3.34. The van der Waals surface area contributed by atoms with Crippen molar-refractivity contribution in [1.29, 1.82) is 5.26 Å². The van der Waals surface area contributed by atoms with Gasteiger partial charge in [-0.25, -0.2) is 0 Å². The smallest absolute Gasteiger partial charge is 0.266 e. The Morgan fingerprint density at radius 1 is 1.12 bits per heavy atom. The number of hydrogen-bond donors (Lipinski definition) is 2. The fraction of sp³-hybridized carbons (Fsp3) is 0.294. The second-order valence-electron chi connectivity index (χ2n) is 5.55. The Labute approximate surface area is 145 Å². The molecule has 1 fully saturated rings. The molecule has 25 heavy (non-hydrogen) atoms. The van der Waals surface area contributed by atoms with Crippen molar-refractivity contribution in [3.8, 4) is 6.07 Å². The van der Waals surface area contributed by atoms with E-state index in [1.54, 1.807) is 34.1 Å². The van der Waals surface area contributed by atoms with Crippen LogP contribution >= 0.6 is 0 Å². The third-order valence-electron chi connectivity index (χ3n) is 3.92. The van der Waals surface area contributed by atoms with Gasteiger partial charge < -0.3 is 20.9 Å². The van der Waals surface area contributed by atoms with Crippen molar-refractivity contribution in [2.24, 2.45) is 5.73 Å². The molecule has 0 saturated carbocycles. The summed E-state index contributed by atoms with van der Waals surface area (Å²) in [5, 5.41) is 12.1. The summed E-state index contributed by atoms with van der Waals surface area (Å²) in [6, 6.07) is 8.24. The quantitative estimate of drug-likeness (QED) is 0.603. The van der Waals surface area contributed by atoms with Crippen molar-refractivity contribution < 1.29 is 14.4 Å². The highest BCUT2D eigenvalue weighted by Crippen LogP contribution is 2.11. The topological polar surface area (TPSA) is 120 Å². The van der Waals surface area contributed by atoms with Crippen LogP contribution in [0.2, 0.25) is 0 Å². The summed E-state index contributed by atoms with van der Waals surface area (Å²) in [4.78, 5) is 38.0. The van der Waals surface area contributed by atoms with Crippen LogP contribution < -0.4 is 11.1 Å². The Kier molecular flexibility index (Phi) is 5.74. The van der Waals surface area contributed by atoms with E-state index in [1.165, 1.54) is 13.1 Å². The van der Waals surface area contributed by atoms with Gasteiger partial charge in [0, 0.05) is 50.6 Å². The van der Waals surface area contributed by atoms with Crippen molar-refractivity contribution in [3.05, 3.63) is 41.6 Å². The van der Waals surface area contributed by atoms with E-state index in [2.05, 4.69) is 5.32 Å². The number of rotatable bonds is 4. The van der Waals surface area contributed by atoms with Gasteiger partial charge in [0.15, 0.2) is 0 Å². The molecule has 8 nitrogen and oxygen atoms in total. The van der Waals surface area contributed by atoms with Gasteiger partial charge in [0.25, 0.3) is 5.91 Å². The zero-order chi connectivity index (χ0) is 18.4. The van der Waals surface area contributed by atoms with E-state index < -0.39 is 5.91 Å². The average Bonchev–Trinajstić information content (AvgIpc) is 2.62. The maximum absolute atomic E-state index is 12.4. The van der Waals surface area contributed by atoms with Gasteiger partial charge in [-0.1, -0.05) is 0 Å². The number of primary amides is 1. The van der Waals surface area contributed by atoms with Crippen molar-refractivity contribution in [2.45, 2.75) is 6.92 Å². The first-order valence-corrected chi connectivity index (χ1v) is 7.74. The Morgan fingerprint density at radius 2 is 1.68 bits per heavy atom. The van der Waals surface area contributed by atoms with Gasteiger partial charge >= 0.3 is 0 Å². The van der Waals surface area contributed by atoms with Gasteiger partial charge in [0.2, 0.25) is 11.8 Å². The van der Waals surface area contributed by atoms with E-state index in [0.717, 1.165) is 0 Å². The minimum atomic E-state index is -0.528. The molecule has 1 aliphatic heterocycles. The summed E-state index contributed by atoms with van der Waals surface area (Å²) in [5.74, 6) is -0.934. The third kappa shape index (κ3) is 4.57. The Morgan fingerprint density at radius 3 is 2.16 bits per heavy atom. The number of nitriles is 1. The highest BCUT2D eigenvalue weighted by molar-refractivity contribution is 5.97. The predicted octanol–water partition coefficient (Wildman–Crippen LogP) is 0.296. The second kappa shape index (κ2) is 7.97. The normalized spacial score (nSPS) is 14.6. The molecule has 0 spiro atoms. The number of piperazine rings is 1. The van der Waals surface area contributed by atoms with Crippen LogP contribution in [0.5, 0.6) is 0 Å². The standard InChI is InChI=1S/C17H19N5O3/c1-12(23)21-6-8-22(9-7-21)17(25)14(10-18)11-20-15-4-2-13(3-5-15)16(19)24/h2-5,11,20H,6-9H2,1H3,(H2,19,24)/b14-11-. The fourth-order valence-electron chi connectivity index (χ4n) is 2.42. The largest absolute Gasteiger partial charge is 0.366 e. The lowest BCUT2D eigenvalue weighted by atomic mass is 10.2. The number of carbonyl (C=O) groups excluding carboxylic acids is 3. The van der Waals surface area contributed by atoms with Crippen molar-refractivity contribution in [1.82, 2.24) is 9.80 Å². The van der Waals surface area contributed by atoms with Gasteiger partial charge in [0.1, 0.15) is 11.6 Å². The van der Waals surface area contributed by atoms with Crippen LogP contribution in [-0.2, 0) is 9.59 Å². The van der Waals surface area contributed by atoms with Crippen molar-refractivity contribution >= 4 is 23.4 Å². The van der Waals surface area contributed by atoms with E-state index >= 15 is 0 Å². The number of carbonyl (C=O) groups is 3. The first kappa shape index (κ1) is 18.0. The number of nitrogens with zero attached hydrogens (tertiary/aromatic N) is 3. The van der Waals surface area contributed by atoms with E-state index in [4.69, 9.17) is 5.73 Å². The molecule has 0 bridgehead atoms. The van der Waals surface area contributed by atoms with Crippen molar-refractivity contribution in [2.75, 3.05) is 31.5 Å². The lowest BCUT2D eigenvalue weighted by Gasteiger charge is -2.34. The van der Waals surface area contributed by atoms with Crippen LogP contribution in [0, 0.1) is 11.3 Å². The van der Waals surface area contributed by atoms with E-state index in [1.807, 2.05) is 6.07 Å². The summed E-state index contributed by atoms with van der Waals surface area (Å²) in [7, 11) is 0. The Bertz CT molecular complexity index is 741. The highest BCUT2D eigenvalue weighted by atomic mass is 16.2. The summed E-state index contributed by atoms with van der Waals surface area (Å²) >= 11 is 0. The zero-order valence-electron chi connectivity index (χ0n) is 13.9. The van der Waals surface area contributed by atoms with Gasteiger partial charge in [-0.2, -0.15) is 5.26 Å². The molecule has 1 aromatic carbocycles. The molecule has 130 valence electrons. The van der Waals surface area contributed by atoms with Crippen molar-refractivity contribution in [3.63, 3.8) is 0 Å². The molecule has 8 heteroatoms. The number of amides is 3. The van der Waals surface area contributed by atoms with Crippen LogP contribution in [0.15, 0.2) is 36.0 Å². The maximum atomic E-state index is 12.4. The number of nitrogens with two attached hydrogens (primary N) is 1. The molecular weight excluding hydrogens is 322 g/mol. The molecule has 1 aliphatic rings. The summed E-state index contributed by atoms with van der Waals surface area (Å²) in [6.07, 6.45) is 1.33. The van der Waals surface area contributed by atoms with Crippen LogP contribution in [0.4, 0.5) is 5.69 Å². The molecular formula is C17H19N5O3. The van der Waals surface area contributed by atoms with Crippen LogP contribution in [0.25, 0.3) is 0 Å². The lowest BCUT2D eigenvalue weighted by Crippen LogP contribution is -2.50. The summed E-state index contributed by atoms with van der Waals surface area (Å²) < 4.78 is 0. The van der Waals surface area contributed by atoms with Gasteiger partial charge in [-0.3, -0.25) is 14.4 Å². The van der Waals surface area contributed by atoms with Gasteiger partial charge in [-0.05, 0) is 24.3 Å². The molecule has 2 rings (SSSR count). The van der Waals surface area contributed by atoms with Gasteiger partial charge in [0.05, 0.1) is 0 Å². The number of anilines is 1. The average molecular weight is 341 g/mol. The first-order valence-electron chi connectivity index (χ1n) is 7.74. The molecule has 0 atom stereocenters. The molecule has 1 heterocycles. The third-order valence-corrected chi connectivity index (χ3v) is 3.92. The number of benzene rings is 1. The molecule has 0 unspecified atom stereocenters. The minimum Gasteiger partial charge on any atom is -0.366 e. The molecule has 0 aliphatic carbocycles. The summed E-state index contributed by atoms with van der Waals surface area (Å²) in [5.41, 5.74) is 6.12. The van der Waals surface area contributed by atoms with E-state index in [9.17, 15) is 19.6 Å². The maximum Gasteiger partial charge on any atom is 0.266 e. The molecule has 0 aromatic heterocycles. The van der Waals surface area contributed by atoms with Crippen LogP contribution in [-0.4, -0.2) is 53.7 Å². The van der Waals surface area contributed by atoms with E-state index in [-0.39, 0.29) is 17.4 Å². The van der Waals surface area contributed by atoms with Crippen LogP contribution in [0.3, 0.4) is 0 Å². The molecule has 0 radical (unpaired) electrons. The zero-order valence-corrected chi connectivity index (χ0v) is 13.9. The second-order valence-corrected chi connectivity index (χ2v) is 5.55. The lowest BCUT2D eigenvalue weighted by molar-refractivity contribution is -0.136. The fourth-order valence-corrected chi connectivity index (χ4v) is 2.42. The number of hydrogen-bond acceptors (Lipinski definition) is 5. The van der Waals surface area contributed by atoms with E-state index in [0.29, 0.717) is 37.4 Å². The molecule has 3 amide bonds. The highest BCUT2D eigenvalue weighted by Gasteiger charge is 2.24. The van der Waals surface area contributed by atoms with Crippen LogP contribution in [0.1, 0.15) is 17.3 Å². The first-order chi connectivity index (χ1) is 11.9. The summed E-state index contributed by atoms with van der Waals surface area (Å²) in [6.45, 7) is 3.20. The molecule has 3 N–H and O–H groups in total. The SMILES string of the molecule is CC(=O)N1CCN(C(=O)/C(C#N)=C\Nc2ccc(C(N)=O)cc2)CC1. The molecule has 1 aromatic rings. The molecule has 1 saturated heterocycles. The Balaban J connectivity index is 2.00. The monoisotopic (exact) mass is 341 g/mol. The van der Waals surface area contributed by atoms with Gasteiger partial charge in [-0.15, -0.1) is 0 Å².